The van der Waals surface area contributed by atoms with Crippen LogP contribution in [-0.4, -0.2) is 57.7 Å². The standard InChI is InChI=1S/C20H25BrN6O2S/c1-13(2)30-20-25-17(22-9-11-29-3)16-12-24-27(18(16)26-20)10-8-23-19(28)14-4-6-15(21)7-5-14/h4-7,12-13H,8-11H2,1-3H3,(H,23,28)(H,22,25,26). The summed E-state index contributed by atoms with van der Waals surface area (Å²) in [5.41, 5.74) is 1.36. The molecule has 0 aliphatic heterocycles. The fourth-order valence-electron chi connectivity index (χ4n) is 2.75. The van der Waals surface area contributed by atoms with Crippen LogP contribution < -0.4 is 10.6 Å². The maximum absolute atomic E-state index is 12.3. The number of aromatic nitrogens is 4. The van der Waals surface area contributed by atoms with Gasteiger partial charge in [-0.2, -0.15) is 5.10 Å². The highest BCUT2D eigenvalue weighted by molar-refractivity contribution is 9.10. The van der Waals surface area contributed by atoms with Crippen molar-refractivity contribution in [2.75, 3.05) is 32.1 Å². The number of carbonyl (C=O) groups is 1. The first-order chi connectivity index (χ1) is 14.5. The van der Waals surface area contributed by atoms with Crippen LogP contribution in [0.15, 0.2) is 40.1 Å². The summed E-state index contributed by atoms with van der Waals surface area (Å²) in [5, 5.41) is 12.6. The summed E-state index contributed by atoms with van der Waals surface area (Å²) in [4.78, 5) is 21.7. The summed E-state index contributed by atoms with van der Waals surface area (Å²) in [7, 11) is 1.66. The van der Waals surface area contributed by atoms with Crippen LogP contribution in [0, 0.1) is 0 Å². The van der Waals surface area contributed by atoms with Gasteiger partial charge < -0.3 is 15.4 Å². The van der Waals surface area contributed by atoms with Crippen molar-refractivity contribution in [2.45, 2.75) is 30.8 Å². The highest BCUT2D eigenvalue weighted by Crippen LogP contribution is 2.26. The van der Waals surface area contributed by atoms with E-state index in [1.54, 1.807) is 41.9 Å². The summed E-state index contributed by atoms with van der Waals surface area (Å²) in [6.45, 7) is 6.37. The molecule has 0 saturated heterocycles. The van der Waals surface area contributed by atoms with Gasteiger partial charge in [0, 0.05) is 35.5 Å². The molecule has 3 rings (SSSR count). The van der Waals surface area contributed by atoms with Crippen molar-refractivity contribution in [2.24, 2.45) is 0 Å². The highest BCUT2D eigenvalue weighted by Gasteiger charge is 2.14. The van der Waals surface area contributed by atoms with E-state index in [0.29, 0.717) is 42.2 Å². The van der Waals surface area contributed by atoms with Crippen LogP contribution in [-0.2, 0) is 11.3 Å². The predicted octanol–water partition coefficient (Wildman–Crippen LogP) is 3.58. The number of thioether (sulfide) groups is 1. The first kappa shape index (κ1) is 22.5. The largest absolute Gasteiger partial charge is 0.383 e. The number of ether oxygens (including phenoxy) is 1. The molecule has 1 aromatic carbocycles. The third kappa shape index (κ3) is 5.93. The molecular formula is C20H25BrN6O2S. The van der Waals surface area contributed by atoms with Crippen molar-refractivity contribution in [1.82, 2.24) is 25.1 Å². The Hall–Kier alpha value is -2.17. The maximum Gasteiger partial charge on any atom is 0.251 e. The minimum absolute atomic E-state index is 0.119. The molecule has 8 nitrogen and oxygen atoms in total. The average molecular weight is 493 g/mol. The van der Waals surface area contributed by atoms with Gasteiger partial charge in [-0.05, 0) is 24.3 Å². The number of hydrogen-bond donors (Lipinski definition) is 2. The Morgan fingerprint density at radius 3 is 2.70 bits per heavy atom. The smallest absolute Gasteiger partial charge is 0.251 e. The van der Waals surface area contributed by atoms with E-state index in [0.717, 1.165) is 21.3 Å². The molecule has 2 aromatic heterocycles. The summed E-state index contributed by atoms with van der Waals surface area (Å²) in [6, 6.07) is 7.25. The molecule has 0 saturated carbocycles. The Bertz CT molecular complexity index is 993. The summed E-state index contributed by atoms with van der Waals surface area (Å²) >= 11 is 4.97. The minimum Gasteiger partial charge on any atom is -0.383 e. The lowest BCUT2D eigenvalue weighted by Gasteiger charge is -2.11. The van der Waals surface area contributed by atoms with Crippen molar-refractivity contribution >= 4 is 50.5 Å². The summed E-state index contributed by atoms with van der Waals surface area (Å²) < 4.78 is 7.85. The van der Waals surface area contributed by atoms with Gasteiger partial charge in [0.2, 0.25) is 0 Å². The fraction of sp³-hybridized carbons (Fsp3) is 0.400. The van der Waals surface area contributed by atoms with Crippen LogP contribution in [0.4, 0.5) is 5.82 Å². The molecular weight excluding hydrogens is 468 g/mol. The van der Waals surface area contributed by atoms with Gasteiger partial charge in [-0.25, -0.2) is 14.6 Å². The Labute approximate surface area is 188 Å². The number of hydrogen-bond acceptors (Lipinski definition) is 7. The molecule has 3 aromatic rings. The molecule has 0 aliphatic rings. The van der Waals surface area contributed by atoms with Crippen molar-refractivity contribution in [1.29, 1.82) is 0 Å². The zero-order chi connectivity index (χ0) is 21.5. The number of rotatable bonds is 10. The molecule has 2 heterocycles. The molecule has 0 bridgehead atoms. The average Bonchev–Trinajstić information content (AvgIpc) is 3.11. The number of amides is 1. The number of fused-ring (bicyclic) bond motifs is 1. The Balaban J connectivity index is 1.73. The van der Waals surface area contributed by atoms with Gasteiger partial charge >= 0.3 is 0 Å². The number of nitrogens with zero attached hydrogens (tertiary/aromatic N) is 4. The second-order valence-electron chi connectivity index (χ2n) is 6.81. The number of nitrogens with one attached hydrogen (secondary N) is 2. The van der Waals surface area contributed by atoms with Crippen LogP contribution in [0.1, 0.15) is 24.2 Å². The quantitative estimate of drug-likeness (QED) is 0.253. The maximum atomic E-state index is 12.3. The zero-order valence-electron chi connectivity index (χ0n) is 17.2. The first-order valence-electron chi connectivity index (χ1n) is 9.64. The molecule has 0 spiro atoms. The Morgan fingerprint density at radius 2 is 2.00 bits per heavy atom. The number of methoxy groups -OCH3 is 1. The lowest BCUT2D eigenvalue weighted by atomic mass is 10.2. The van der Waals surface area contributed by atoms with Gasteiger partial charge in [0.15, 0.2) is 10.8 Å². The van der Waals surface area contributed by atoms with Crippen LogP contribution in [0.2, 0.25) is 0 Å². The Kier molecular flexibility index (Phi) is 8.06. The van der Waals surface area contributed by atoms with Gasteiger partial charge in [-0.3, -0.25) is 4.79 Å². The third-order valence-electron chi connectivity index (χ3n) is 4.13. The molecule has 0 radical (unpaired) electrons. The number of halogens is 1. The summed E-state index contributed by atoms with van der Waals surface area (Å²) in [6.07, 6.45) is 1.75. The van der Waals surface area contributed by atoms with Gasteiger partial charge in [-0.1, -0.05) is 41.5 Å². The molecule has 30 heavy (non-hydrogen) atoms. The normalized spacial score (nSPS) is 11.2. The van der Waals surface area contributed by atoms with Gasteiger partial charge in [0.1, 0.15) is 5.82 Å². The van der Waals surface area contributed by atoms with Gasteiger partial charge in [0.05, 0.1) is 24.7 Å². The second kappa shape index (κ2) is 10.7. The molecule has 160 valence electrons. The van der Waals surface area contributed by atoms with E-state index in [9.17, 15) is 4.79 Å². The van der Waals surface area contributed by atoms with E-state index in [4.69, 9.17) is 9.72 Å². The van der Waals surface area contributed by atoms with Crippen molar-refractivity contribution < 1.29 is 9.53 Å². The van der Waals surface area contributed by atoms with E-state index in [1.807, 2.05) is 12.1 Å². The van der Waals surface area contributed by atoms with E-state index in [-0.39, 0.29) is 5.91 Å². The molecule has 10 heteroatoms. The molecule has 0 atom stereocenters. The summed E-state index contributed by atoms with van der Waals surface area (Å²) in [5.74, 6) is 0.622. The zero-order valence-corrected chi connectivity index (χ0v) is 19.6. The molecule has 1 amide bonds. The molecule has 2 N–H and O–H groups in total. The first-order valence-corrected chi connectivity index (χ1v) is 11.3. The van der Waals surface area contributed by atoms with Gasteiger partial charge in [-0.15, -0.1) is 0 Å². The van der Waals surface area contributed by atoms with E-state index in [2.05, 4.69) is 50.5 Å². The minimum atomic E-state index is -0.119. The Morgan fingerprint density at radius 1 is 1.23 bits per heavy atom. The lowest BCUT2D eigenvalue weighted by molar-refractivity contribution is 0.0952. The monoisotopic (exact) mass is 492 g/mol. The number of benzene rings is 1. The SMILES string of the molecule is COCCNc1nc(SC(C)C)nc2c1cnn2CCNC(=O)c1ccc(Br)cc1. The van der Waals surface area contributed by atoms with Crippen LogP contribution >= 0.6 is 27.7 Å². The van der Waals surface area contributed by atoms with E-state index < -0.39 is 0 Å². The third-order valence-corrected chi connectivity index (χ3v) is 5.52. The number of carbonyl (C=O) groups excluding carboxylic acids is 1. The van der Waals surface area contributed by atoms with Crippen molar-refractivity contribution in [3.8, 4) is 0 Å². The van der Waals surface area contributed by atoms with E-state index in [1.165, 1.54) is 0 Å². The highest BCUT2D eigenvalue weighted by atomic mass is 79.9. The van der Waals surface area contributed by atoms with Crippen LogP contribution in [0.25, 0.3) is 11.0 Å². The van der Waals surface area contributed by atoms with Crippen LogP contribution in [0.3, 0.4) is 0 Å². The molecule has 0 unspecified atom stereocenters. The van der Waals surface area contributed by atoms with Crippen molar-refractivity contribution in [3.05, 3.63) is 40.5 Å². The topological polar surface area (TPSA) is 94.0 Å². The second-order valence-corrected chi connectivity index (χ2v) is 9.27. The molecule has 0 aliphatic carbocycles. The fourth-order valence-corrected chi connectivity index (χ4v) is 3.72. The molecule has 0 fully saturated rings. The number of anilines is 1. The lowest BCUT2D eigenvalue weighted by Crippen LogP contribution is -2.27. The van der Waals surface area contributed by atoms with Gasteiger partial charge in [0.25, 0.3) is 5.91 Å². The predicted molar refractivity (Wildman–Crippen MR) is 123 cm³/mol. The van der Waals surface area contributed by atoms with E-state index >= 15 is 0 Å². The van der Waals surface area contributed by atoms with Crippen molar-refractivity contribution in [3.63, 3.8) is 0 Å². The van der Waals surface area contributed by atoms with Crippen LogP contribution in [0.5, 0.6) is 0 Å².